The van der Waals surface area contributed by atoms with Crippen molar-refractivity contribution in [3.05, 3.63) is 60.8 Å². The molecule has 21 heavy (non-hydrogen) atoms. The highest BCUT2D eigenvalue weighted by molar-refractivity contribution is 9.10. The fourth-order valence-electron chi connectivity index (χ4n) is 2.33. The van der Waals surface area contributed by atoms with Gasteiger partial charge in [0.1, 0.15) is 0 Å². The molecule has 0 saturated carbocycles. The van der Waals surface area contributed by atoms with Crippen LogP contribution in [-0.4, -0.2) is 15.4 Å². The minimum absolute atomic E-state index is 0.0737. The minimum Gasteiger partial charge on any atom is -0.272 e. The average Bonchev–Trinajstić information content (AvgIpc) is 2.87. The first kappa shape index (κ1) is 13.9. The first-order valence-corrected chi connectivity index (χ1v) is 7.69. The van der Waals surface area contributed by atoms with E-state index in [0.29, 0.717) is 0 Å². The second kappa shape index (κ2) is 5.74. The molecule has 2 aromatic carbocycles. The van der Waals surface area contributed by atoms with E-state index in [4.69, 9.17) is 0 Å². The van der Waals surface area contributed by atoms with Gasteiger partial charge in [-0.15, -0.1) is 0 Å². The minimum atomic E-state index is -0.237. The molecule has 1 heterocycles. The van der Waals surface area contributed by atoms with Crippen molar-refractivity contribution in [1.82, 2.24) is 4.68 Å². The Morgan fingerprint density at radius 3 is 2.48 bits per heavy atom. The molecule has 3 rings (SSSR count). The number of nitrogens with zero attached hydrogens (tertiary/aromatic N) is 1. The van der Waals surface area contributed by atoms with Crippen LogP contribution in [0.1, 0.15) is 6.92 Å². The number of amides is 1. The van der Waals surface area contributed by atoms with Crippen LogP contribution in [0.15, 0.2) is 60.8 Å². The lowest BCUT2D eigenvalue weighted by Gasteiger charge is -2.08. The molecule has 0 bridgehead atoms. The average molecular weight is 343 g/mol. The van der Waals surface area contributed by atoms with Gasteiger partial charge in [0.2, 0.25) is 0 Å². The molecule has 0 fully saturated rings. The fourth-order valence-corrected chi connectivity index (χ4v) is 2.43. The van der Waals surface area contributed by atoms with E-state index in [9.17, 15) is 4.79 Å². The summed E-state index contributed by atoms with van der Waals surface area (Å²) in [6.45, 7) is 1.80. The van der Waals surface area contributed by atoms with Gasteiger partial charge in [0.05, 0.1) is 10.3 Å². The predicted octanol–water partition coefficient (Wildman–Crippen LogP) is 4.16. The van der Waals surface area contributed by atoms with Gasteiger partial charge in [0.25, 0.3) is 5.91 Å². The third-order valence-corrected chi connectivity index (χ3v) is 3.80. The first-order valence-electron chi connectivity index (χ1n) is 6.77. The number of carbonyl (C=O) groups is 1. The van der Waals surface area contributed by atoms with Crippen LogP contribution in [-0.2, 0) is 4.79 Å². The van der Waals surface area contributed by atoms with Crippen LogP contribution in [0.5, 0.6) is 0 Å². The van der Waals surface area contributed by atoms with Crippen LogP contribution < -0.4 is 5.43 Å². The summed E-state index contributed by atoms with van der Waals surface area (Å²) in [5, 5.41) is 1.12. The topological polar surface area (TPSA) is 34.0 Å². The largest absolute Gasteiger partial charge is 0.272 e. The SMILES string of the molecule is CC(Br)C(=O)Nn1cc(-c2ccccc2)c2ccccc21. The molecule has 1 unspecified atom stereocenters. The molecule has 3 aromatic rings. The maximum Gasteiger partial charge on any atom is 0.252 e. The number of carbonyl (C=O) groups excluding carboxylic acids is 1. The zero-order valence-electron chi connectivity index (χ0n) is 11.6. The molecule has 4 heteroatoms. The molecule has 0 aliphatic heterocycles. The quantitative estimate of drug-likeness (QED) is 0.712. The molecule has 106 valence electrons. The van der Waals surface area contributed by atoms with Gasteiger partial charge in [-0.2, -0.15) is 0 Å². The summed E-state index contributed by atoms with van der Waals surface area (Å²) in [5.41, 5.74) is 6.13. The van der Waals surface area contributed by atoms with E-state index >= 15 is 0 Å². The van der Waals surface area contributed by atoms with E-state index in [-0.39, 0.29) is 10.7 Å². The standard InChI is InChI=1S/C17H15BrN2O/c1-12(18)17(21)19-20-11-15(13-7-3-2-4-8-13)14-9-5-6-10-16(14)20/h2-12H,1H3,(H,19,21). The normalized spacial score (nSPS) is 12.3. The third kappa shape index (κ3) is 2.72. The molecular weight excluding hydrogens is 328 g/mol. The molecule has 0 radical (unpaired) electrons. The Balaban J connectivity index is 2.13. The Morgan fingerprint density at radius 2 is 1.76 bits per heavy atom. The Bertz CT molecular complexity index is 778. The lowest BCUT2D eigenvalue weighted by atomic mass is 10.1. The molecule has 0 aliphatic rings. The van der Waals surface area contributed by atoms with Gasteiger partial charge in [-0.25, -0.2) is 0 Å². The monoisotopic (exact) mass is 342 g/mol. The van der Waals surface area contributed by atoms with E-state index in [1.54, 1.807) is 11.6 Å². The predicted molar refractivity (Wildman–Crippen MR) is 90.1 cm³/mol. The van der Waals surface area contributed by atoms with Gasteiger partial charge in [-0.1, -0.05) is 64.5 Å². The van der Waals surface area contributed by atoms with Gasteiger partial charge in [-0.3, -0.25) is 14.9 Å². The number of aromatic nitrogens is 1. The van der Waals surface area contributed by atoms with Crippen molar-refractivity contribution in [2.45, 2.75) is 11.8 Å². The van der Waals surface area contributed by atoms with E-state index < -0.39 is 0 Å². The summed E-state index contributed by atoms with van der Waals surface area (Å²) in [5.74, 6) is -0.0737. The maximum absolute atomic E-state index is 11.9. The summed E-state index contributed by atoms with van der Waals surface area (Å²) in [6, 6.07) is 18.2. The molecule has 1 aromatic heterocycles. The van der Waals surface area contributed by atoms with E-state index in [1.807, 2.05) is 42.6 Å². The van der Waals surface area contributed by atoms with Crippen molar-refractivity contribution in [2.24, 2.45) is 0 Å². The Morgan fingerprint density at radius 1 is 1.10 bits per heavy atom. The molecule has 1 atom stereocenters. The molecule has 0 spiro atoms. The van der Waals surface area contributed by atoms with Gasteiger partial charge in [0.15, 0.2) is 0 Å². The molecule has 0 saturated heterocycles. The second-order valence-corrected chi connectivity index (χ2v) is 6.26. The highest BCUT2D eigenvalue weighted by atomic mass is 79.9. The van der Waals surface area contributed by atoms with Gasteiger partial charge < -0.3 is 0 Å². The van der Waals surface area contributed by atoms with Crippen LogP contribution in [0, 0.1) is 0 Å². The highest BCUT2D eigenvalue weighted by Crippen LogP contribution is 2.29. The number of para-hydroxylation sites is 1. The van der Waals surface area contributed by atoms with Crippen molar-refractivity contribution < 1.29 is 4.79 Å². The molecular formula is C17H15BrN2O. The van der Waals surface area contributed by atoms with Gasteiger partial charge in [0, 0.05) is 17.1 Å². The van der Waals surface area contributed by atoms with Crippen molar-refractivity contribution >= 4 is 32.7 Å². The lowest BCUT2D eigenvalue weighted by Crippen LogP contribution is -2.27. The van der Waals surface area contributed by atoms with Crippen molar-refractivity contribution in [2.75, 3.05) is 5.43 Å². The first-order chi connectivity index (χ1) is 10.2. The Labute approximate surface area is 131 Å². The van der Waals surface area contributed by atoms with Crippen molar-refractivity contribution in [3.63, 3.8) is 0 Å². The summed E-state index contributed by atoms with van der Waals surface area (Å²) in [7, 11) is 0. The summed E-state index contributed by atoms with van der Waals surface area (Å²) < 4.78 is 1.79. The lowest BCUT2D eigenvalue weighted by molar-refractivity contribution is -0.116. The summed E-state index contributed by atoms with van der Waals surface area (Å²) in [6.07, 6.45) is 1.97. The van der Waals surface area contributed by atoms with Gasteiger partial charge in [-0.05, 0) is 18.6 Å². The maximum atomic E-state index is 11.9. The van der Waals surface area contributed by atoms with E-state index in [0.717, 1.165) is 22.0 Å². The highest BCUT2D eigenvalue weighted by Gasteiger charge is 2.13. The molecule has 3 nitrogen and oxygen atoms in total. The second-order valence-electron chi connectivity index (χ2n) is 4.89. The smallest absolute Gasteiger partial charge is 0.252 e. The van der Waals surface area contributed by atoms with Crippen LogP contribution >= 0.6 is 15.9 Å². The van der Waals surface area contributed by atoms with Crippen LogP contribution in [0.3, 0.4) is 0 Å². The summed E-state index contributed by atoms with van der Waals surface area (Å²) >= 11 is 3.29. The number of benzene rings is 2. The number of hydrogen-bond acceptors (Lipinski definition) is 1. The van der Waals surface area contributed by atoms with Crippen LogP contribution in [0.2, 0.25) is 0 Å². The molecule has 1 N–H and O–H groups in total. The Kier molecular flexibility index (Phi) is 3.80. The summed E-state index contributed by atoms with van der Waals surface area (Å²) in [4.78, 5) is 11.7. The van der Waals surface area contributed by atoms with Crippen molar-refractivity contribution in [3.8, 4) is 11.1 Å². The number of fused-ring (bicyclic) bond motifs is 1. The number of rotatable bonds is 3. The zero-order chi connectivity index (χ0) is 14.8. The van der Waals surface area contributed by atoms with E-state index in [2.05, 4.69) is 39.6 Å². The van der Waals surface area contributed by atoms with Gasteiger partial charge >= 0.3 is 0 Å². The number of hydrogen-bond donors (Lipinski definition) is 1. The van der Waals surface area contributed by atoms with Crippen molar-refractivity contribution in [1.29, 1.82) is 0 Å². The van der Waals surface area contributed by atoms with Crippen LogP contribution in [0.4, 0.5) is 0 Å². The third-order valence-electron chi connectivity index (χ3n) is 3.39. The fraction of sp³-hybridized carbons (Fsp3) is 0.118. The number of alkyl halides is 1. The number of halogens is 1. The van der Waals surface area contributed by atoms with Crippen LogP contribution in [0.25, 0.3) is 22.0 Å². The van der Waals surface area contributed by atoms with E-state index in [1.165, 1.54) is 0 Å². The Hall–Kier alpha value is -2.07. The molecule has 0 aliphatic carbocycles. The molecule has 1 amide bonds. The zero-order valence-corrected chi connectivity index (χ0v) is 13.2. The number of nitrogens with one attached hydrogen (secondary N) is 1.